The molecule has 0 unspecified atom stereocenters. The van der Waals surface area contributed by atoms with Crippen molar-refractivity contribution < 1.29 is 9.53 Å². The molecule has 4 nitrogen and oxygen atoms in total. The van der Waals surface area contributed by atoms with Crippen molar-refractivity contribution in [2.24, 2.45) is 5.92 Å². The molecule has 1 saturated carbocycles. The normalized spacial score (nSPS) is 25.0. The number of nitriles is 1. The second-order valence-electron chi connectivity index (χ2n) is 6.03. The number of nitrogens with zero attached hydrogens (tertiary/aromatic N) is 1. The van der Waals surface area contributed by atoms with Crippen LogP contribution in [0.15, 0.2) is 18.2 Å². The molecular formula is C17H22N2O2. The summed E-state index contributed by atoms with van der Waals surface area (Å²) in [5.74, 6) is 0.930. The van der Waals surface area contributed by atoms with E-state index < -0.39 is 5.54 Å². The molecular weight excluding hydrogens is 264 g/mol. The smallest absolute Gasteiger partial charge is 0.256 e. The molecule has 1 fully saturated rings. The van der Waals surface area contributed by atoms with Crippen LogP contribution >= 0.6 is 0 Å². The Hall–Kier alpha value is -2.02. The fourth-order valence-corrected chi connectivity index (χ4v) is 2.80. The lowest BCUT2D eigenvalue weighted by molar-refractivity contribution is 0.0890. The maximum absolute atomic E-state index is 12.5. The van der Waals surface area contributed by atoms with Crippen molar-refractivity contribution in [2.75, 3.05) is 7.11 Å². The minimum Gasteiger partial charge on any atom is -0.496 e. The first kappa shape index (κ1) is 15.4. The molecule has 0 spiro atoms. The largest absolute Gasteiger partial charge is 0.496 e. The van der Waals surface area contributed by atoms with Crippen molar-refractivity contribution in [2.45, 2.75) is 45.1 Å². The molecule has 21 heavy (non-hydrogen) atoms. The minimum absolute atomic E-state index is 0.230. The van der Waals surface area contributed by atoms with Crippen molar-refractivity contribution >= 4 is 5.91 Å². The number of ether oxygens (including phenoxy) is 1. The molecule has 2 rings (SSSR count). The van der Waals surface area contributed by atoms with Gasteiger partial charge in [-0.25, -0.2) is 0 Å². The van der Waals surface area contributed by atoms with Crippen LogP contribution in [0.25, 0.3) is 0 Å². The number of hydrogen-bond acceptors (Lipinski definition) is 3. The standard InChI is InChI=1S/C17H22N2O2/c1-12-6-8-17(11-18,9-7-12)19-16(20)14-10-13(2)4-5-15(14)21-3/h4-5,10,12H,6-9H2,1-3H3,(H,19,20). The van der Waals surface area contributed by atoms with Gasteiger partial charge in [0, 0.05) is 0 Å². The summed E-state index contributed by atoms with van der Waals surface area (Å²) < 4.78 is 5.25. The summed E-state index contributed by atoms with van der Waals surface area (Å²) in [6.45, 7) is 4.12. The summed E-state index contributed by atoms with van der Waals surface area (Å²) in [6.07, 6.45) is 3.37. The summed E-state index contributed by atoms with van der Waals surface area (Å²) >= 11 is 0. The van der Waals surface area contributed by atoms with Crippen LogP contribution < -0.4 is 10.1 Å². The number of carbonyl (C=O) groups excluding carboxylic acids is 1. The van der Waals surface area contributed by atoms with Gasteiger partial charge in [-0.05, 0) is 50.7 Å². The number of rotatable bonds is 3. The molecule has 0 saturated heterocycles. The molecule has 1 amide bonds. The number of carbonyl (C=O) groups is 1. The van der Waals surface area contributed by atoms with Gasteiger partial charge in [0.15, 0.2) is 0 Å². The Bertz CT molecular complexity index is 567. The molecule has 1 aromatic rings. The first-order valence-electron chi connectivity index (χ1n) is 7.38. The van der Waals surface area contributed by atoms with Crippen molar-refractivity contribution in [1.82, 2.24) is 5.32 Å². The Morgan fingerprint density at radius 2 is 2.10 bits per heavy atom. The first-order chi connectivity index (χ1) is 9.99. The average molecular weight is 286 g/mol. The van der Waals surface area contributed by atoms with Crippen molar-refractivity contribution in [3.8, 4) is 11.8 Å². The van der Waals surface area contributed by atoms with E-state index in [4.69, 9.17) is 4.74 Å². The van der Waals surface area contributed by atoms with Gasteiger partial charge >= 0.3 is 0 Å². The lowest BCUT2D eigenvalue weighted by atomic mass is 9.78. The molecule has 0 aromatic heterocycles. The molecule has 0 heterocycles. The van der Waals surface area contributed by atoms with E-state index in [9.17, 15) is 10.1 Å². The third-order valence-electron chi connectivity index (χ3n) is 4.29. The maximum Gasteiger partial charge on any atom is 0.256 e. The van der Waals surface area contributed by atoms with Crippen LogP contribution in [0.2, 0.25) is 0 Å². The molecule has 0 atom stereocenters. The zero-order valence-electron chi connectivity index (χ0n) is 12.9. The van der Waals surface area contributed by atoms with Crippen LogP contribution in [0.1, 0.15) is 48.5 Å². The minimum atomic E-state index is -0.738. The predicted molar refractivity (Wildman–Crippen MR) is 81.2 cm³/mol. The van der Waals surface area contributed by atoms with Gasteiger partial charge in [0.05, 0.1) is 18.7 Å². The third-order valence-corrected chi connectivity index (χ3v) is 4.29. The molecule has 1 aliphatic rings. The van der Waals surface area contributed by atoms with Crippen LogP contribution in [0.3, 0.4) is 0 Å². The van der Waals surface area contributed by atoms with E-state index in [1.807, 2.05) is 13.0 Å². The zero-order valence-corrected chi connectivity index (χ0v) is 12.9. The van der Waals surface area contributed by atoms with E-state index in [0.29, 0.717) is 30.1 Å². The van der Waals surface area contributed by atoms with Gasteiger partial charge in [0.25, 0.3) is 5.91 Å². The van der Waals surface area contributed by atoms with Crippen molar-refractivity contribution in [3.05, 3.63) is 29.3 Å². The van der Waals surface area contributed by atoms with E-state index in [1.165, 1.54) is 0 Å². The number of hydrogen-bond donors (Lipinski definition) is 1. The van der Waals surface area contributed by atoms with Gasteiger partial charge in [-0.2, -0.15) is 5.26 Å². The molecule has 112 valence electrons. The summed E-state index contributed by atoms with van der Waals surface area (Å²) in [5, 5.41) is 12.4. The van der Waals surface area contributed by atoms with E-state index in [-0.39, 0.29) is 5.91 Å². The van der Waals surface area contributed by atoms with Gasteiger partial charge in [-0.1, -0.05) is 18.6 Å². The summed E-state index contributed by atoms with van der Waals surface area (Å²) in [5.41, 5.74) is 0.744. The number of nitrogens with one attached hydrogen (secondary N) is 1. The van der Waals surface area contributed by atoms with Crippen LogP contribution in [0.5, 0.6) is 5.75 Å². The third kappa shape index (κ3) is 3.36. The Labute approximate surface area is 126 Å². The van der Waals surface area contributed by atoms with Crippen LogP contribution in [0.4, 0.5) is 0 Å². The fourth-order valence-electron chi connectivity index (χ4n) is 2.80. The highest BCUT2D eigenvalue weighted by molar-refractivity contribution is 5.97. The predicted octanol–water partition coefficient (Wildman–Crippen LogP) is 3.21. The monoisotopic (exact) mass is 286 g/mol. The Kier molecular flexibility index (Phi) is 4.52. The van der Waals surface area contributed by atoms with Crippen molar-refractivity contribution in [3.63, 3.8) is 0 Å². The lowest BCUT2D eigenvalue weighted by Gasteiger charge is -2.34. The van der Waals surface area contributed by atoms with Crippen LogP contribution in [0, 0.1) is 24.2 Å². The summed E-state index contributed by atoms with van der Waals surface area (Å²) in [7, 11) is 1.55. The van der Waals surface area contributed by atoms with Gasteiger partial charge < -0.3 is 10.1 Å². The molecule has 1 aromatic carbocycles. The fraction of sp³-hybridized carbons (Fsp3) is 0.529. The molecule has 4 heteroatoms. The maximum atomic E-state index is 12.5. The number of methoxy groups -OCH3 is 1. The van der Waals surface area contributed by atoms with Gasteiger partial charge in [0.2, 0.25) is 0 Å². The van der Waals surface area contributed by atoms with Crippen molar-refractivity contribution in [1.29, 1.82) is 5.26 Å². The van der Waals surface area contributed by atoms with E-state index in [2.05, 4.69) is 18.3 Å². The number of benzene rings is 1. The van der Waals surface area contributed by atoms with E-state index >= 15 is 0 Å². The van der Waals surface area contributed by atoms with Crippen LogP contribution in [-0.2, 0) is 0 Å². The van der Waals surface area contributed by atoms with Gasteiger partial charge in [-0.15, -0.1) is 0 Å². The lowest BCUT2D eigenvalue weighted by Crippen LogP contribution is -2.49. The quantitative estimate of drug-likeness (QED) is 0.928. The number of amides is 1. The topological polar surface area (TPSA) is 62.1 Å². The molecule has 1 aliphatic carbocycles. The SMILES string of the molecule is COc1ccc(C)cc1C(=O)NC1(C#N)CCC(C)CC1. The molecule has 0 bridgehead atoms. The van der Waals surface area contributed by atoms with Gasteiger partial charge in [-0.3, -0.25) is 4.79 Å². The van der Waals surface area contributed by atoms with E-state index in [1.54, 1.807) is 19.2 Å². The zero-order chi connectivity index (χ0) is 15.5. The highest BCUT2D eigenvalue weighted by Gasteiger charge is 2.36. The first-order valence-corrected chi connectivity index (χ1v) is 7.38. The molecule has 0 radical (unpaired) electrons. The van der Waals surface area contributed by atoms with E-state index in [0.717, 1.165) is 18.4 Å². The Morgan fingerprint density at radius 3 is 2.67 bits per heavy atom. The summed E-state index contributed by atoms with van der Waals surface area (Å²) in [4.78, 5) is 12.5. The van der Waals surface area contributed by atoms with Gasteiger partial charge in [0.1, 0.15) is 11.3 Å². The highest BCUT2D eigenvalue weighted by atomic mass is 16.5. The second kappa shape index (κ2) is 6.17. The highest BCUT2D eigenvalue weighted by Crippen LogP contribution is 2.32. The Balaban J connectivity index is 2.21. The molecule has 1 N–H and O–H groups in total. The summed E-state index contributed by atoms with van der Waals surface area (Å²) in [6, 6.07) is 7.80. The second-order valence-corrected chi connectivity index (χ2v) is 6.03. The number of aryl methyl sites for hydroxylation is 1. The molecule has 0 aliphatic heterocycles. The Morgan fingerprint density at radius 1 is 1.43 bits per heavy atom. The average Bonchev–Trinajstić information content (AvgIpc) is 2.49. The van der Waals surface area contributed by atoms with Crippen LogP contribution in [-0.4, -0.2) is 18.6 Å².